The molecular weight excluding hydrogens is 254 g/mol. The van der Waals surface area contributed by atoms with E-state index in [1.54, 1.807) is 0 Å². The van der Waals surface area contributed by atoms with Crippen LogP contribution in [0.1, 0.15) is 33.6 Å². The van der Waals surface area contributed by atoms with Crippen molar-refractivity contribution in [2.24, 2.45) is 5.92 Å². The molecule has 1 aliphatic heterocycles. The van der Waals surface area contributed by atoms with Gasteiger partial charge in [-0.25, -0.2) is 0 Å². The Morgan fingerprint density at radius 1 is 1.40 bits per heavy atom. The average molecular weight is 278 g/mol. The Balaban J connectivity index is 2.30. The number of hydrogen-bond donors (Lipinski definition) is 0. The maximum Gasteiger partial charge on any atom is 0.0645 e. The van der Waals surface area contributed by atoms with E-state index in [1.165, 1.54) is 19.4 Å². The smallest absolute Gasteiger partial charge is 0.0645 e. The number of rotatable bonds is 5. The first kappa shape index (κ1) is 13.5. The van der Waals surface area contributed by atoms with Crippen molar-refractivity contribution in [2.75, 3.05) is 31.6 Å². The largest absolute Gasteiger partial charge is 0.378 e. The highest BCUT2D eigenvalue weighted by molar-refractivity contribution is 9.09. The third-order valence-electron chi connectivity index (χ3n) is 3.31. The molecule has 0 aliphatic carbocycles. The topological polar surface area (TPSA) is 12.5 Å². The fourth-order valence-electron chi connectivity index (χ4n) is 2.01. The lowest BCUT2D eigenvalue weighted by Crippen LogP contribution is -2.53. The van der Waals surface area contributed by atoms with Gasteiger partial charge in [0, 0.05) is 17.4 Å². The summed E-state index contributed by atoms with van der Waals surface area (Å²) in [5.41, 5.74) is 0.229. The summed E-state index contributed by atoms with van der Waals surface area (Å²) in [5.74, 6) is 0.822. The molecule has 0 radical (unpaired) electrons. The lowest BCUT2D eigenvalue weighted by molar-refractivity contribution is -0.0525. The van der Waals surface area contributed by atoms with Crippen LogP contribution in [-0.4, -0.2) is 42.1 Å². The van der Waals surface area contributed by atoms with Crippen LogP contribution in [0.5, 0.6) is 0 Å². The molecule has 1 aliphatic rings. The van der Waals surface area contributed by atoms with Gasteiger partial charge in [0.15, 0.2) is 0 Å². The minimum Gasteiger partial charge on any atom is -0.378 e. The summed E-state index contributed by atoms with van der Waals surface area (Å²) in [6.45, 7) is 11.0. The third kappa shape index (κ3) is 4.41. The van der Waals surface area contributed by atoms with Gasteiger partial charge in [0.2, 0.25) is 0 Å². The highest BCUT2D eigenvalue weighted by Gasteiger charge is 2.29. The van der Waals surface area contributed by atoms with E-state index in [-0.39, 0.29) is 5.54 Å². The van der Waals surface area contributed by atoms with Crippen molar-refractivity contribution in [2.45, 2.75) is 39.2 Å². The maximum absolute atomic E-state index is 5.52. The molecule has 1 saturated heterocycles. The van der Waals surface area contributed by atoms with E-state index >= 15 is 0 Å². The molecule has 3 heteroatoms. The van der Waals surface area contributed by atoms with Crippen LogP contribution in [0.3, 0.4) is 0 Å². The van der Waals surface area contributed by atoms with Gasteiger partial charge in [-0.1, -0.05) is 22.9 Å². The van der Waals surface area contributed by atoms with E-state index < -0.39 is 0 Å². The van der Waals surface area contributed by atoms with E-state index in [4.69, 9.17) is 4.74 Å². The summed E-state index contributed by atoms with van der Waals surface area (Å²) >= 11 is 3.50. The molecule has 2 nitrogen and oxygen atoms in total. The van der Waals surface area contributed by atoms with Crippen molar-refractivity contribution in [3.8, 4) is 0 Å². The first-order chi connectivity index (χ1) is 7.06. The predicted molar refractivity (Wildman–Crippen MR) is 68.7 cm³/mol. The first-order valence-corrected chi connectivity index (χ1v) is 7.07. The Labute approximate surface area is 102 Å². The van der Waals surface area contributed by atoms with Crippen molar-refractivity contribution in [3.63, 3.8) is 0 Å². The Bertz CT molecular complexity index is 184. The highest BCUT2D eigenvalue weighted by Crippen LogP contribution is 2.20. The molecule has 1 unspecified atom stereocenters. The molecule has 1 rings (SSSR count). The van der Waals surface area contributed by atoms with Gasteiger partial charge in [0.1, 0.15) is 0 Å². The average Bonchev–Trinajstić information content (AvgIpc) is 2.16. The van der Waals surface area contributed by atoms with Crippen LogP contribution in [0, 0.1) is 5.92 Å². The molecule has 0 spiro atoms. The van der Waals surface area contributed by atoms with Crippen LogP contribution >= 0.6 is 15.9 Å². The van der Waals surface area contributed by atoms with Crippen LogP contribution in [-0.2, 0) is 4.74 Å². The number of morpholine rings is 1. The number of halogens is 1. The van der Waals surface area contributed by atoms with Gasteiger partial charge >= 0.3 is 0 Å². The second-order valence-corrected chi connectivity index (χ2v) is 6.02. The zero-order chi connectivity index (χ0) is 11.3. The van der Waals surface area contributed by atoms with Gasteiger partial charge in [0.05, 0.1) is 13.2 Å². The molecule has 0 N–H and O–H groups in total. The second kappa shape index (κ2) is 6.21. The van der Waals surface area contributed by atoms with E-state index in [1.807, 2.05) is 0 Å². The summed E-state index contributed by atoms with van der Waals surface area (Å²) in [4.78, 5) is 2.57. The van der Waals surface area contributed by atoms with E-state index in [0.29, 0.717) is 0 Å². The maximum atomic E-state index is 5.52. The fourth-order valence-corrected chi connectivity index (χ4v) is 2.79. The van der Waals surface area contributed by atoms with Crippen LogP contribution in [0.15, 0.2) is 0 Å². The van der Waals surface area contributed by atoms with Crippen molar-refractivity contribution < 1.29 is 4.74 Å². The summed E-state index contributed by atoms with van der Waals surface area (Å²) in [6.07, 6.45) is 2.58. The molecule has 0 aromatic carbocycles. The molecule has 90 valence electrons. The quantitative estimate of drug-likeness (QED) is 0.717. The van der Waals surface area contributed by atoms with Crippen molar-refractivity contribution in [1.82, 2.24) is 4.90 Å². The highest BCUT2D eigenvalue weighted by atomic mass is 79.9. The Morgan fingerprint density at radius 2 is 2.13 bits per heavy atom. The van der Waals surface area contributed by atoms with E-state index in [9.17, 15) is 0 Å². The summed E-state index contributed by atoms with van der Waals surface area (Å²) in [6, 6.07) is 0. The summed E-state index contributed by atoms with van der Waals surface area (Å²) in [7, 11) is 0. The molecular formula is C12H24BrNO. The third-order valence-corrected chi connectivity index (χ3v) is 3.77. The standard InChI is InChI=1S/C12H24BrNO/c1-11(4-6-13)5-7-14-8-9-15-10-12(14,2)3/h11H,4-10H2,1-3H3. The van der Waals surface area contributed by atoms with Crippen LogP contribution in [0.25, 0.3) is 0 Å². The molecule has 1 heterocycles. The van der Waals surface area contributed by atoms with Gasteiger partial charge in [-0.3, -0.25) is 4.90 Å². The van der Waals surface area contributed by atoms with Crippen molar-refractivity contribution in [3.05, 3.63) is 0 Å². The molecule has 0 aromatic heterocycles. The molecule has 1 atom stereocenters. The Morgan fingerprint density at radius 3 is 2.73 bits per heavy atom. The van der Waals surface area contributed by atoms with Crippen LogP contribution < -0.4 is 0 Å². The zero-order valence-corrected chi connectivity index (χ0v) is 11.8. The monoisotopic (exact) mass is 277 g/mol. The van der Waals surface area contributed by atoms with Gasteiger partial charge in [-0.2, -0.15) is 0 Å². The van der Waals surface area contributed by atoms with Crippen LogP contribution in [0.4, 0.5) is 0 Å². The molecule has 0 aromatic rings. The lowest BCUT2D eigenvalue weighted by Gasteiger charge is -2.42. The predicted octanol–water partition coefficient (Wildman–Crippen LogP) is 2.91. The van der Waals surface area contributed by atoms with Crippen LogP contribution in [0.2, 0.25) is 0 Å². The number of alkyl halides is 1. The number of ether oxygens (including phenoxy) is 1. The molecule has 1 fully saturated rings. The van der Waals surface area contributed by atoms with E-state index in [0.717, 1.165) is 31.0 Å². The molecule has 0 bridgehead atoms. The number of nitrogens with zero attached hydrogens (tertiary/aromatic N) is 1. The second-order valence-electron chi connectivity index (χ2n) is 5.22. The first-order valence-electron chi connectivity index (χ1n) is 5.95. The minimum absolute atomic E-state index is 0.229. The Hall–Kier alpha value is 0.400. The SMILES string of the molecule is CC(CCBr)CCN1CCOCC1(C)C. The van der Waals surface area contributed by atoms with E-state index in [2.05, 4.69) is 41.6 Å². The van der Waals surface area contributed by atoms with Gasteiger partial charge in [-0.15, -0.1) is 0 Å². The minimum atomic E-state index is 0.229. The number of hydrogen-bond acceptors (Lipinski definition) is 2. The van der Waals surface area contributed by atoms with Gasteiger partial charge in [0.25, 0.3) is 0 Å². The fraction of sp³-hybridized carbons (Fsp3) is 1.00. The Kier molecular flexibility index (Phi) is 5.58. The summed E-state index contributed by atoms with van der Waals surface area (Å²) < 4.78 is 5.52. The van der Waals surface area contributed by atoms with Gasteiger partial charge in [-0.05, 0) is 39.2 Å². The molecule has 15 heavy (non-hydrogen) atoms. The zero-order valence-electron chi connectivity index (χ0n) is 10.3. The normalized spacial score (nSPS) is 24.0. The summed E-state index contributed by atoms with van der Waals surface area (Å²) in [5, 5.41) is 1.13. The molecule has 0 saturated carbocycles. The molecule has 0 amide bonds. The van der Waals surface area contributed by atoms with Crippen molar-refractivity contribution in [1.29, 1.82) is 0 Å². The van der Waals surface area contributed by atoms with Crippen molar-refractivity contribution >= 4 is 15.9 Å². The lowest BCUT2D eigenvalue weighted by atomic mass is 9.99. The van der Waals surface area contributed by atoms with Gasteiger partial charge < -0.3 is 4.74 Å².